The van der Waals surface area contributed by atoms with Crippen LogP contribution in [0.3, 0.4) is 0 Å². The van der Waals surface area contributed by atoms with Crippen LogP contribution in [0, 0.1) is 0 Å². The van der Waals surface area contributed by atoms with Crippen molar-refractivity contribution in [3.63, 3.8) is 0 Å². The normalized spacial score (nSPS) is 11.2. The molecule has 0 radical (unpaired) electrons. The van der Waals surface area contributed by atoms with Crippen molar-refractivity contribution in [1.82, 2.24) is 4.31 Å². The molecule has 0 aromatic rings. The van der Waals surface area contributed by atoms with Gasteiger partial charge in [0.25, 0.3) is 0 Å². The summed E-state index contributed by atoms with van der Waals surface area (Å²) in [6.07, 6.45) is 3.95. The molecule has 0 aromatic heterocycles. The third kappa shape index (κ3) is 10.4. The van der Waals surface area contributed by atoms with Crippen molar-refractivity contribution in [1.29, 1.82) is 0 Å². The Balaban J connectivity index is 3.29. The van der Waals surface area contributed by atoms with Crippen molar-refractivity contribution < 1.29 is 13.4 Å². The van der Waals surface area contributed by atoms with Crippen LogP contribution in [0.4, 0.5) is 3.89 Å². The van der Waals surface area contributed by atoms with Crippen LogP contribution in [0.1, 0.15) is 25.7 Å². The van der Waals surface area contributed by atoms with Gasteiger partial charge in [-0.15, -0.1) is 3.89 Å². The summed E-state index contributed by atoms with van der Waals surface area (Å²) in [5.41, 5.74) is 0. The first-order chi connectivity index (χ1) is 7.35. The summed E-state index contributed by atoms with van der Waals surface area (Å²) in [5.74, 6) is 0. The fourth-order valence-corrected chi connectivity index (χ4v) is 1.65. The molecule has 0 bridgehead atoms. The summed E-state index contributed by atoms with van der Waals surface area (Å²) in [6.45, 7) is 3.10. The zero-order chi connectivity index (χ0) is 11.4. The van der Waals surface area contributed by atoms with Crippen LogP contribution < -0.4 is 0 Å². The monoisotopic (exact) mass is 239 g/mol. The Hall–Kier alpha value is 0.160. The highest BCUT2D eigenvalue weighted by Crippen LogP contribution is 2.13. The van der Waals surface area contributed by atoms with Crippen LogP contribution in [-0.4, -0.2) is 44.8 Å². The average Bonchev–Trinajstić information content (AvgIpc) is 2.27. The zero-order valence-corrected chi connectivity index (χ0v) is 10.5. The minimum atomic E-state index is 0.338. The minimum Gasteiger partial charge on any atom is -0.385 e. The van der Waals surface area contributed by atoms with Crippen LogP contribution >= 0.6 is 12.3 Å². The fourth-order valence-electron chi connectivity index (χ4n) is 1.25. The standard InChI is InChI=1S/C10H22FNO2S/c1-13-9-5-3-7-12(15-11)8-4-6-10-14-2/h3-10H2,1-2H3. The second kappa shape index (κ2) is 12.2. The van der Waals surface area contributed by atoms with E-state index in [0.717, 1.165) is 52.0 Å². The third-order valence-corrected chi connectivity index (χ3v) is 2.67. The lowest BCUT2D eigenvalue weighted by molar-refractivity contribution is 0.186. The van der Waals surface area contributed by atoms with E-state index in [2.05, 4.69) is 0 Å². The molecule has 0 aliphatic rings. The number of rotatable bonds is 11. The van der Waals surface area contributed by atoms with Crippen LogP contribution in [0.5, 0.6) is 0 Å². The van der Waals surface area contributed by atoms with Gasteiger partial charge in [-0.1, -0.05) is 0 Å². The fraction of sp³-hybridized carbons (Fsp3) is 1.00. The maximum atomic E-state index is 12.5. The maximum Gasteiger partial charge on any atom is 0.134 e. The first-order valence-electron chi connectivity index (χ1n) is 5.36. The maximum absolute atomic E-state index is 12.5. The van der Waals surface area contributed by atoms with Gasteiger partial charge in [-0.2, -0.15) is 0 Å². The van der Waals surface area contributed by atoms with Crippen LogP contribution in [0.2, 0.25) is 0 Å². The smallest absolute Gasteiger partial charge is 0.134 e. The molecular formula is C10H22FNO2S. The number of unbranched alkanes of at least 4 members (excludes halogenated alkanes) is 2. The SMILES string of the molecule is COCCCCN(CCCCOC)SF. The highest BCUT2D eigenvalue weighted by molar-refractivity contribution is 7.91. The van der Waals surface area contributed by atoms with E-state index in [-0.39, 0.29) is 0 Å². The van der Waals surface area contributed by atoms with Crippen molar-refractivity contribution in [2.24, 2.45) is 0 Å². The molecule has 0 heterocycles. The van der Waals surface area contributed by atoms with E-state index in [0.29, 0.717) is 12.3 Å². The Bertz CT molecular complexity index is 118. The minimum absolute atomic E-state index is 0.338. The van der Waals surface area contributed by atoms with Crippen molar-refractivity contribution >= 4 is 12.3 Å². The highest BCUT2D eigenvalue weighted by atomic mass is 32.2. The van der Waals surface area contributed by atoms with Gasteiger partial charge in [0.15, 0.2) is 0 Å². The van der Waals surface area contributed by atoms with Crippen LogP contribution in [-0.2, 0) is 9.47 Å². The first kappa shape index (κ1) is 15.2. The average molecular weight is 239 g/mol. The number of methoxy groups -OCH3 is 2. The van der Waals surface area contributed by atoms with Gasteiger partial charge in [-0.05, 0) is 25.7 Å². The second-order valence-electron chi connectivity index (χ2n) is 3.40. The van der Waals surface area contributed by atoms with E-state index in [9.17, 15) is 3.89 Å². The van der Waals surface area contributed by atoms with Gasteiger partial charge in [0, 0.05) is 40.5 Å². The molecule has 0 saturated heterocycles. The van der Waals surface area contributed by atoms with Crippen molar-refractivity contribution in [2.45, 2.75) is 25.7 Å². The topological polar surface area (TPSA) is 21.7 Å². The van der Waals surface area contributed by atoms with Crippen molar-refractivity contribution in [3.05, 3.63) is 0 Å². The zero-order valence-electron chi connectivity index (χ0n) is 9.71. The summed E-state index contributed by atoms with van der Waals surface area (Å²) >= 11 is 0.338. The van der Waals surface area contributed by atoms with Gasteiger partial charge < -0.3 is 9.47 Å². The van der Waals surface area contributed by atoms with Gasteiger partial charge in [-0.25, -0.2) is 4.31 Å². The molecule has 0 spiro atoms. The molecule has 0 saturated carbocycles. The van der Waals surface area contributed by atoms with Gasteiger partial charge >= 0.3 is 0 Å². The van der Waals surface area contributed by atoms with E-state index in [4.69, 9.17) is 9.47 Å². The molecule has 0 aliphatic carbocycles. The van der Waals surface area contributed by atoms with E-state index >= 15 is 0 Å². The summed E-state index contributed by atoms with van der Waals surface area (Å²) in [6, 6.07) is 0. The Morgan fingerprint density at radius 2 is 1.40 bits per heavy atom. The predicted octanol–water partition coefficient (Wildman–Crippen LogP) is 2.67. The van der Waals surface area contributed by atoms with Gasteiger partial charge in [0.05, 0.1) is 0 Å². The lowest BCUT2D eigenvalue weighted by Crippen LogP contribution is -2.18. The number of ether oxygens (including phenoxy) is 2. The summed E-state index contributed by atoms with van der Waals surface area (Å²) in [7, 11) is 3.37. The second-order valence-corrected chi connectivity index (χ2v) is 4.05. The molecule has 15 heavy (non-hydrogen) atoms. The molecular weight excluding hydrogens is 217 g/mol. The Morgan fingerprint density at radius 3 is 1.73 bits per heavy atom. The molecule has 5 heteroatoms. The Morgan fingerprint density at radius 1 is 0.933 bits per heavy atom. The Labute approximate surface area is 96.7 Å². The van der Waals surface area contributed by atoms with Crippen molar-refractivity contribution in [2.75, 3.05) is 40.5 Å². The molecule has 0 aliphatic heterocycles. The lowest BCUT2D eigenvalue weighted by Gasteiger charge is -2.15. The van der Waals surface area contributed by atoms with E-state index in [1.54, 1.807) is 18.5 Å². The number of halogens is 1. The molecule has 3 nitrogen and oxygen atoms in total. The molecule has 0 amide bonds. The summed E-state index contributed by atoms with van der Waals surface area (Å²) in [4.78, 5) is 0. The summed E-state index contributed by atoms with van der Waals surface area (Å²) in [5, 5.41) is 0. The molecule has 0 atom stereocenters. The third-order valence-electron chi connectivity index (χ3n) is 2.11. The van der Waals surface area contributed by atoms with Crippen LogP contribution in [0.15, 0.2) is 0 Å². The quantitative estimate of drug-likeness (QED) is 0.408. The molecule has 0 aromatic carbocycles. The lowest BCUT2D eigenvalue weighted by atomic mass is 10.3. The van der Waals surface area contributed by atoms with Crippen molar-refractivity contribution in [3.8, 4) is 0 Å². The number of hydrogen-bond acceptors (Lipinski definition) is 4. The molecule has 0 N–H and O–H groups in total. The molecule has 0 rings (SSSR count). The highest BCUT2D eigenvalue weighted by Gasteiger charge is 2.04. The van der Waals surface area contributed by atoms with Crippen LogP contribution in [0.25, 0.3) is 0 Å². The van der Waals surface area contributed by atoms with E-state index < -0.39 is 0 Å². The van der Waals surface area contributed by atoms with Gasteiger partial charge in [0.2, 0.25) is 0 Å². The first-order valence-corrected chi connectivity index (χ1v) is 6.04. The molecule has 0 unspecified atom stereocenters. The summed E-state index contributed by atoms with van der Waals surface area (Å²) < 4.78 is 24.1. The predicted molar refractivity (Wildman–Crippen MR) is 62.5 cm³/mol. The molecule has 0 fully saturated rings. The molecule has 92 valence electrons. The largest absolute Gasteiger partial charge is 0.385 e. The van der Waals surface area contributed by atoms with Gasteiger partial charge in [-0.3, -0.25) is 0 Å². The number of hydrogen-bond donors (Lipinski definition) is 0. The van der Waals surface area contributed by atoms with Gasteiger partial charge in [0.1, 0.15) is 12.3 Å². The van der Waals surface area contributed by atoms with E-state index in [1.807, 2.05) is 0 Å². The van der Waals surface area contributed by atoms with E-state index in [1.165, 1.54) is 0 Å². The Kier molecular flexibility index (Phi) is 12.4. The number of nitrogens with zero attached hydrogens (tertiary/aromatic N) is 1.